The molecule has 0 amide bonds. The molecule has 1 aromatic heterocycles. The lowest BCUT2D eigenvalue weighted by Gasteiger charge is -2.14. The highest BCUT2D eigenvalue weighted by Gasteiger charge is 2.14. The Kier molecular flexibility index (Phi) is 4.21. The van der Waals surface area contributed by atoms with Crippen molar-refractivity contribution in [2.75, 3.05) is 11.1 Å². The van der Waals surface area contributed by atoms with Crippen LogP contribution in [0, 0.1) is 0 Å². The Hall–Kier alpha value is -1.11. The molecule has 0 bridgehead atoms. The Balaban J connectivity index is 1.94. The second-order valence-corrected chi connectivity index (χ2v) is 6.67. The zero-order valence-corrected chi connectivity index (χ0v) is 11.9. The van der Waals surface area contributed by atoms with E-state index in [2.05, 4.69) is 15.5 Å². The van der Waals surface area contributed by atoms with Crippen molar-refractivity contribution in [1.29, 1.82) is 0 Å². The summed E-state index contributed by atoms with van der Waals surface area (Å²) in [4.78, 5) is 0. The molecule has 0 radical (unpaired) electrons. The van der Waals surface area contributed by atoms with Crippen molar-refractivity contribution >= 4 is 33.9 Å². The number of benzene rings is 1. The predicted octanol–water partition coefficient (Wildman–Crippen LogP) is 3.14. The van der Waals surface area contributed by atoms with Gasteiger partial charge in [-0.15, -0.1) is 10.2 Å². The molecule has 18 heavy (non-hydrogen) atoms. The molecule has 0 saturated carbocycles. The monoisotopic (exact) mass is 281 g/mol. The standard InChI is InChI=1S/C12H15N3OS2/c1-12(2,16)8-17-11-15-14-10(18-11)13-9-6-4-3-5-7-9/h3-7,16H,8H2,1-2H3,(H,13,14). The third-order valence-electron chi connectivity index (χ3n) is 1.98. The van der Waals surface area contributed by atoms with Gasteiger partial charge in [0.05, 0.1) is 5.60 Å². The smallest absolute Gasteiger partial charge is 0.210 e. The molecule has 0 atom stereocenters. The number of aliphatic hydroxyl groups is 1. The van der Waals surface area contributed by atoms with Crippen LogP contribution in [0.2, 0.25) is 0 Å². The second-order valence-electron chi connectivity index (χ2n) is 4.47. The van der Waals surface area contributed by atoms with Gasteiger partial charge in [0.1, 0.15) is 0 Å². The maximum atomic E-state index is 9.64. The maximum absolute atomic E-state index is 9.64. The van der Waals surface area contributed by atoms with Gasteiger partial charge in [-0.25, -0.2) is 0 Å². The van der Waals surface area contributed by atoms with Crippen molar-refractivity contribution < 1.29 is 5.11 Å². The number of rotatable bonds is 5. The summed E-state index contributed by atoms with van der Waals surface area (Å²) in [6.45, 7) is 3.56. The van der Waals surface area contributed by atoms with E-state index in [-0.39, 0.29) is 0 Å². The summed E-state index contributed by atoms with van der Waals surface area (Å²) >= 11 is 3.00. The van der Waals surface area contributed by atoms with Crippen molar-refractivity contribution in [3.63, 3.8) is 0 Å². The molecule has 0 spiro atoms. The first-order chi connectivity index (χ1) is 8.53. The normalized spacial score (nSPS) is 11.5. The molecule has 0 unspecified atom stereocenters. The number of para-hydroxylation sites is 1. The van der Waals surface area contributed by atoms with Gasteiger partial charge in [-0.3, -0.25) is 0 Å². The summed E-state index contributed by atoms with van der Waals surface area (Å²) in [6, 6.07) is 9.85. The van der Waals surface area contributed by atoms with Gasteiger partial charge in [-0.2, -0.15) is 0 Å². The summed E-state index contributed by atoms with van der Waals surface area (Å²) in [5.74, 6) is 0.604. The number of aromatic nitrogens is 2. The predicted molar refractivity (Wildman–Crippen MR) is 76.7 cm³/mol. The summed E-state index contributed by atoms with van der Waals surface area (Å²) < 4.78 is 0.857. The van der Waals surface area contributed by atoms with E-state index < -0.39 is 5.60 Å². The first-order valence-corrected chi connectivity index (χ1v) is 7.34. The van der Waals surface area contributed by atoms with Gasteiger partial charge in [0, 0.05) is 11.4 Å². The largest absolute Gasteiger partial charge is 0.390 e. The lowest BCUT2D eigenvalue weighted by Crippen LogP contribution is -2.21. The van der Waals surface area contributed by atoms with Crippen molar-refractivity contribution in [2.24, 2.45) is 0 Å². The van der Waals surface area contributed by atoms with Gasteiger partial charge in [-0.05, 0) is 26.0 Å². The maximum Gasteiger partial charge on any atom is 0.210 e. The van der Waals surface area contributed by atoms with Crippen LogP contribution in [0.1, 0.15) is 13.8 Å². The Labute approximate surface area is 114 Å². The highest BCUT2D eigenvalue weighted by Crippen LogP contribution is 2.29. The molecule has 0 saturated heterocycles. The molecule has 6 heteroatoms. The number of nitrogens with one attached hydrogen (secondary N) is 1. The van der Waals surface area contributed by atoms with Crippen LogP contribution >= 0.6 is 23.1 Å². The van der Waals surface area contributed by atoms with Gasteiger partial charge in [0.2, 0.25) is 5.13 Å². The summed E-state index contributed by atoms with van der Waals surface area (Å²) in [5, 5.41) is 21.7. The van der Waals surface area contributed by atoms with E-state index in [9.17, 15) is 5.11 Å². The Morgan fingerprint density at radius 1 is 1.28 bits per heavy atom. The number of anilines is 2. The lowest BCUT2D eigenvalue weighted by atomic mass is 10.2. The van der Waals surface area contributed by atoms with Crippen molar-refractivity contribution in [3.05, 3.63) is 30.3 Å². The molecule has 1 heterocycles. The zero-order chi connectivity index (χ0) is 13.0. The number of hydrogen-bond donors (Lipinski definition) is 2. The van der Waals surface area contributed by atoms with Crippen LogP contribution in [0.3, 0.4) is 0 Å². The van der Waals surface area contributed by atoms with Gasteiger partial charge in [0.25, 0.3) is 0 Å². The first-order valence-electron chi connectivity index (χ1n) is 5.54. The van der Waals surface area contributed by atoms with Crippen LogP contribution in [0.15, 0.2) is 34.7 Å². The van der Waals surface area contributed by atoms with Gasteiger partial charge in [0.15, 0.2) is 4.34 Å². The molecule has 4 nitrogen and oxygen atoms in total. The van der Waals surface area contributed by atoms with E-state index in [1.807, 2.05) is 30.3 Å². The summed E-state index contributed by atoms with van der Waals surface area (Å²) in [6.07, 6.45) is 0. The molecule has 2 N–H and O–H groups in total. The molecule has 96 valence electrons. The number of thioether (sulfide) groups is 1. The molecule has 0 fully saturated rings. The van der Waals surface area contributed by atoms with Crippen molar-refractivity contribution in [3.8, 4) is 0 Å². The van der Waals surface area contributed by atoms with E-state index in [0.29, 0.717) is 5.75 Å². The lowest BCUT2D eigenvalue weighted by molar-refractivity contribution is 0.107. The van der Waals surface area contributed by atoms with Crippen molar-refractivity contribution in [2.45, 2.75) is 23.8 Å². The zero-order valence-electron chi connectivity index (χ0n) is 10.3. The average Bonchev–Trinajstić information content (AvgIpc) is 2.75. The van der Waals surface area contributed by atoms with Crippen LogP contribution in [0.25, 0.3) is 0 Å². The van der Waals surface area contributed by atoms with E-state index in [0.717, 1.165) is 15.2 Å². The number of hydrogen-bond acceptors (Lipinski definition) is 6. The fourth-order valence-corrected chi connectivity index (χ4v) is 2.92. The summed E-state index contributed by atoms with van der Waals surface area (Å²) in [7, 11) is 0. The summed E-state index contributed by atoms with van der Waals surface area (Å²) in [5.41, 5.74) is 0.302. The fourth-order valence-electron chi connectivity index (χ4n) is 1.20. The van der Waals surface area contributed by atoms with E-state index in [1.165, 1.54) is 23.1 Å². The van der Waals surface area contributed by atoms with Crippen LogP contribution < -0.4 is 5.32 Å². The molecular weight excluding hydrogens is 266 g/mol. The van der Waals surface area contributed by atoms with Gasteiger partial charge >= 0.3 is 0 Å². The Bertz CT molecular complexity index is 494. The van der Waals surface area contributed by atoms with Crippen LogP contribution in [0.4, 0.5) is 10.8 Å². The van der Waals surface area contributed by atoms with Gasteiger partial charge < -0.3 is 10.4 Å². The SMILES string of the molecule is CC(C)(O)CSc1nnc(Nc2ccccc2)s1. The molecule has 2 rings (SSSR count). The van der Waals surface area contributed by atoms with E-state index >= 15 is 0 Å². The minimum absolute atomic E-state index is 0.604. The third-order valence-corrected chi connectivity index (χ3v) is 4.40. The van der Waals surface area contributed by atoms with Crippen LogP contribution in [-0.4, -0.2) is 26.7 Å². The Morgan fingerprint density at radius 2 is 2.00 bits per heavy atom. The Morgan fingerprint density at radius 3 is 2.67 bits per heavy atom. The van der Waals surface area contributed by atoms with Crippen LogP contribution in [-0.2, 0) is 0 Å². The highest BCUT2D eigenvalue weighted by molar-refractivity contribution is 8.01. The highest BCUT2D eigenvalue weighted by atomic mass is 32.2. The molecule has 1 aromatic carbocycles. The second kappa shape index (κ2) is 5.69. The topological polar surface area (TPSA) is 58.0 Å². The van der Waals surface area contributed by atoms with Crippen LogP contribution in [0.5, 0.6) is 0 Å². The van der Waals surface area contributed by atoms with E-state index in [4.69, 9.17) is 0 Å². The fraction of sp³-hybridized carbons (Fsp3) is 0.333. The molecule has 0 aliphatic rings. The molecule has 0 aliphatic heterocycles. The molecule has 0 aliphatic carbocycles. The van der Waals surface area contributed by atoms with Gasteiger partial charge in [-0.1, -0.05) is 41.3 Å². The quantitative estimate of drug-likeness (QED) is 0.825. The minimum atomic E-state index is -0.691. The number of nitrogens with zero attached hydrogens (tertiary/aromatic N) is 2. The third kappa shape index (κ3) is 4.29. The molecule has 2 aromatic rings. The van der Waals surface area contributed by atoms with E-state index in [1.54, 1.807) is 13.8 Å². The molecular formula is C12H15N3OS2. The minimum Gasteiger partial charge on any atom is -0.390 e. The first kappa shape index (κ1) is 13.3. The average molecular weight is 281 g/mol. The van der Waals surface area contributed by atoms with Crippen molar-refractivity contribution in [1.82, 2.24) is 10.2 Å².